The molecule has 8 atom stereocenters. The molecule has 0 radical (unpaired) electrons. The molecule has 10 nitrogen and oxygen atoms in total. The maximum absolute atomic E-state index is 10.8. The van der Waals surface area contributed by atoms with E-state index < -0.39 is 55.0 Å². The first-order valence-corrected chi connectivity index (χ1v) is 7.23. The zero-order valence-electron chi connectivity index (χ0n) is 12.5. The Kier molecular flexibility index (Phi) is 6.28. The minimum atomic E-state index is -1.55. The first kappa shape index (κ1) is 18.5. The van der Waals surface area contributed by atoms with Crippen LogP contribution >= 0.6 is 0 Å². The molecule has 134 valence electrons. The van der Waals surface area contributed by atoms with Gasteiger partial charge < -0.3 is 44.5 Å². The summed E-state index contributed by atoms with van der Waals surface area (Å²) in [6.07, 6.45) is -10.3. The number of carbonyl (C=O) groups is 1. The van der Waals surface area contributed by atoms with Gasteiger partial charge in [0.25, 0.3) is 0 Å². The highest BCUT2D eigenvalue weighted by atomic mass is 16.7. The SMILES string of the molecule is CC(=O)OCC1OCC(O)C(OC2OCC(O)C(O)C2O)C1O. The summed E-state index contributed by atoms with van der Waals surface area (Å²) in [7, 11) is 0. The van der Waals surface area contributed by atoms with Crippen molar-refractivity contribution in [1.29, 1.82) is 0 Å². The maximum Gasteiger partial charge on any atom is 0.302 e. The Hall–Kier alpha value is -0.850. The lowest BCUT2D eigenvalue weighted by atomic mass is 9.99. The molecular weight excluding hydrogens is 316 g/mol. The van der Waals surface area contributed by atoms with Crippen LogP contribution in [0.1, 0.15) is 6.92 Å². The number of aliphatic hydroxyl groups excluding tert-OH is 5. The lowest BCUT2D eigenvalue weighted by Crippen LogP contribution is -2.60. The number of hydrogen-bond acceptors (Lipinski definition) is 10. The van der Waals surface area contributed by atoms with E-state index >= 15 is 0 Å². The molecule has 0 aliphatic carbocycles. The molecule has 0 saturated carbocycles. The topological polar surface area (TPSA) is 155 Å². The van der Waals surface area contributed by atoms with Crippen LogP contribution in [-0.2, 0) is 23.7 Å². The number of esters is 1. The van der Waals surface area contributed by atoms with Crippen LogP contribution in [0.25, 0.3) is 0 Å². The summed E-state index contributed by atoms with van der Waals surface area (Å²) in [5.74, 6) is -0.549. The normalized spacial score (nSPS) is 44.8. The summed E-state index contributed by atoms with van der Waals surface area (Å²) in [5.41, 5.74) is 0. The van der Waals surface area contributed by atoms with Gasteiger partial charge in [0.2, 0.25) is 0 Å². The lowest BCUT2D eigenvalue weighted by Gasteiger charge is -2.42. The standard InChI is InChI=1S/C13H22O10/c1-5(14)20-4-8-10(18)12(7(16)3-21-8)23-13-11(19)9(17)6(15)2-22-13/h6-13,15-19H,2-4H2,1H3. The van der Waals surface area contributed by atoms with E-state index in [1.807, 2.05) is 0 Å². The van der Waals surface area contributed by atoms with Crippen molar-refractivity contribution in [2.75, 3.05) is 19.8 Å². The highest BCUT2D eigenvalue weighted by Gasteiger charge is 2.45. The monoisotopic (exact) mass is 338 g/mol. The zero-order chi connectivity index (χ0) is 17.1. The molecule has 2 aliphatic heterocycles. The molecule has 0 spiro atoms. The first-order chi connectivity index (χ1) is 10.8. The molecule has 2 fully saturated rings. The zero-order valence-corrected chi connectivity index (χ0v) is 12.5. The third-order valence-electron chi connectivity index (χ3n) is 3.77. The Labute approximate surface area is 132 Å². The van der Waals surface area contributed by atoms with E-state index in [1.54, 1.807) is 0 Å². The van der Waals surface area contributed by atoms with Gasteiger partial charge in [0, 0.05) is 6.92 Å². The lowest BCUT2D eigenvalue weighted by molar-refractivity contribution is -0.315. The summed E-state index contributed by atoms with van der Waals surface area (Å²) in [5, 5.41) is 48.9. The Morgan fingerprint density at radius 1 is 1.00 bits per heavy atom. The second-order valence-electron chi connectivity index (χ2n) is 5.58. The predicted molar refractivity (Wildman–Crippen MR) is 71.0 cm³/mol. The smallest absolute Gasteiger partial charge is 0.302 e. The highest BCUT2D eigenvalue weighted by Crippen LogP contribution is 2.24. The summed E-state index contributed by atoms with van der Waals surface area (Å²) < 4.78 is 20.4. The van der Waals surface area contributed by atoms with Gasteiger partial charge in [-0.25, -0.2) is 0 Å². The van der Waals surface area contributed by atoms with Crippen molar-refractivity contribution in [2.45, 2.75) is 55.9 Å². The van der Waals surface area contributed by atoms with E-state index in [2.05, 4.69) is 0 Å². The van der Waals surface area contributed by atoms with Crippen LogP contribution in [0.5, 0.6) is 0 Å². The van der Waals surface area contributed by atoms with Crippen LogP contribution in [0.3, 0.4) is 0 Å². The quantitative estimate of drug-likeness (QED) is 0.326. The fraction of sp³-hybridized carbons (Fsp3) is 0.923. The second-order valence-corrected chi connectivity index (χ2v) is 5.58. The minimum absolute atomic E-state index is 0.179. The molecule has 0 aromatic heterocycles. The highest BCUT2D eigenvalue weighted by molar-refractivity contribution is 5.65. The molecule has 2 saturated heterocycles. The van der Waals surface area contributed by atoms with Gasteiger partial charge in [-0.2, -0.15) is 0 Å². The largest absolute Gasteiger partial charge is 0.463 e. The van der Waals surface area contributed by atoms with Crippen molar-refractivity contribution in [3.63, 3.8) is 0 Å². The summed E-state index contributed by atoms with van der Waals surface area (Å²) in [6, 6.07) is 0. The number of aliphatic hydroxyl groups is 5. The third-order valence-corrected chi connectivity index (χ3v) is 3.77. The van der Waals surface area contributed by atoms with Gasteiger partial charge in [-0.3, -0.25) is 4.79 Å². The summed E-state index contributed by atoms with van der Waals surface area (Å²) >= 11 is 0. The van der Waals surface area contributed by atoms with Crippen molar-refractivity contribution in [3.05, 3.63) is 0 Å². The first-order valence-electron chi connectivity index (χ1n) is 7.23. The molecule has 2 rings (SSSR count). The van der Waals surface area contributed by atoms with Gasteiger partial charge in [-0.1, -0.05) is 0 Å². The van der Waals surface area contributed by atoms with Crippen LogP contribution < -0.4 is 0 Å². The number of carbonyl (C=O) groups excluding carboxylic acids is 1. The predicted octanol–water partition coefficient (Wildman–Crippen LogP) is -3.51. The summed E-state index contributed by atoms with van der Waals surface area (Å²) in [4.78, 5) is 10.8. The molecule has 0 amide bonds. The van der Waals surface area contributed by atoms with E-state index in [4.69, 9.17) is 18.9 Å². The second kappa shape index (κ2) is 7.81. The van der Waals surface area contributed by atoms with Crippen LogP contribution in [0.15, 0.2) is 0 Å². The van der Waals surface area contributed by atoms with Gasteiger partial charge in [-0.15, -0.1) is 0 Å². The Balaban J connectivity index is 1.97. The van der Waals surface area contributed by atoms with E-state index in [9.17, 15) is 30.3 Å². The van der Waals surface area contributed by atoms with Gasteiger partial charge in [-0.05, 0) is 0 Å². The summed E-state index contributed by atoms with van der Waals surface area (Å²) in [6.45, 7) is 0.534. The van der Waals surface area contributed by atoms with E-state index in [0.29, 0.717) is 0 Å². The average molecular weight is 338 g/mol. The van der Waals surface area contributed by atoms with Crippen LogP contribution in [0.4, 0.5) is 0 Å². The van der Waals surface area contributed by atoms with Gasteiger partial charge in [0.05, 0.1) is 13.2 Å². The average Bonchev–Trinajstić information content (AvgIpc) is 2.50. The van der Waals surface area contributed by atoms with Crippen LogP contribution in [-0.4, -0.2) is 100 Å². The molecule has 5 N–H and O–H groups in total. The molecule has 2 heterocycles. The van der Waals surface area contributed by atoms with Gasteiger partial charge >= 0.3 is 5.97 Å². The minimum Gasteiger partial charge on any atom is -0.463 e. The molecule has 0 aromatic carbocycles. The maximum atomic E-state index is 10.8. The molecule has 23 heavy (non-hydrogen) atoms. The Bertz CT molecular complexity index is 404. The third kappa shape index (κ3) is 4.37. The fourth-order valence-corrected chi connectivity index (χ4v) is 2.43. The van der Waals surface area contributed by atoms with Gasteiger partial charge in [0.1, 0.15) is 49.3 Å². The molecule has 10 heteroatoms. The number of rotatable bonds is 4. The van der Waals surface area contributed by atoms with Crippen molar-refractivity contribution in [3.8, 4) is 0 Å². The van der Waals surface area contributed by atoms with Crippen molar-refractivity contribution < 1.29 is 49.3 Å². The molecule has 0 aromatic rings. The van der Waals surface area contributed by atoms with E-state index in [1.165, 1.54) is 6.92 Å². The fourth-order valence-electron chi connectivity index (χ4n) is 2.43. The van der Waals surface area contributed by atoms with Crippen molar-refractivity contribution in [1.82, 2.24) is 0 Å². The number of hydrogen-bond donors (Lipinski definition) is 5. The Morgan fingerprint density at radius 2 is 1.65 bits per heavy atom. The molecular formula is C13H22O10. The molecule has 2 aliphatic rings. The Morgan fingerprint density at radius 3 is 2.30 bits per heavy atom. The van der Waals surface area contributed by atoms with Gasteiger partial charge in [0.15, 0.2) is 6.29 Å². The van der Waals surface area contributed by atoms with Crippen LogP contribution in [0, 0.1) is 0 Å². The van der Waals surface area contributed by atoms with Crippen LogP contribution in [0.2, 0.25) is 0 Å². The molecule has 0 bridgehead atoms. The van der Waals surface area contributed by atoms with Crippen molar-refractivity contribution >= 4 is 5.97 Å². The van der Waals surface area contributed by atoms with E-state index in [0.717, 1.165) is 0 Å². The molecule has 8 unspecified atom stereocenters. The van der Waals surface area contributed by atoms with E-state index in [-0.39, 0.29) is 19.8 Å². The van der Waals surface area contributed by atoms with Crippen molar-refractivity contribution in [2.24, 2.45) is 0 Å². The number of ether oxygens (including phenoxy) is 4.